The van der Waals surface area contributed by atoms with Crippen molar-refractivity contribution in [2.75, 3.05) is 32.5 Å². The van der Waals surface area contributed by atoms with Gasteiger partial charge in [0.1, 0.15) is 5.82 Å². The highest BCUT2D eigenvalue weighted by molar-refractivity contribution is 7.86. The number of nitrogens with zero attached hydrogens (tertiary/aromatic N) is 4. The topological polar surface area (TPSA) is 94.2 Å². The second kappa shape index (κ2) is 8.35. The number of hydrogen-bond donors (Lipinski definition) is 2. The zero-order chi connectivity index (χ0) is 21.3. The van der Waals surface area contributed by atoms with Gasteiger partial charge in [0.05, 0.1) is 6.20 Å². The SMILES string of the molecule is CN(C)S(=O)(=O)N1CC[C@H](c2[nH]ncc2-c2ccnc(Nc3ccc(Cl)cc3)c2)C1. The molecule has 0 unspecified atom stereocenters. The maximum atomic E-state index is 12.4. The van der Waals surface area contributed by atoms with Gasteiger partial charge in [-0.3, -0.25) is 5.10 Å². The number of benzene rings is 1. The highest BCUT2D eigenvalue weighted by atomic mass is 35.5. The molecule has 0 amide bonds. The minimum Gasteiger partial charge on any atom is -0.340 e. The lowest BCUT2D eigenvalue weighted by molar-refractivity contribution is 0.418. The predicted octanol–water partition coefficient (Wildman–Crippen LogP) is 3.46. The van der Waals surface area contributed by atoms with Gasteiger partial charge in [-0.25, -0.2) is 4.98 Å². The Morgan fingerprint density at radius 1 is 1.23 bits per heavy atom. The lowest BCUT2D eigenvalue weighted by Gasteiger charge is -2.20. The Kier molecular flexibility index (Phi) is 5.79. The first-order valence-electron chi connectivity index (χ1n) is 9.54. The van der Waals surface area contributed by atoms with E-state index in [0.717, 1.165) is 28.9 Å². The van der Waals surface area contributed by atoms with Crippen LogP contribution in [0.2, 0.25) is 5.02 Å². The van der Waals surface area contributed by atoms with Gasteiger partial charge < -0.3 is 5.32 Å². The van der Waals surface area contributed by atoms with Gasteiger partial charge in [0.2, 0.25) is 0 Å². The van der Waals surface area contributed by atoms with Gasteiger partial charge in [0.25, 0.3) is 10.2 Å². The predicted molar refractivity (Wildman–Crippen MR) is 118 cm³/mol. The summed E-state index contributed by atoms with van der Waals surface area (Å²) in [6.07, 6.45) is 4.25. The third-order valence-electron chi connectivity index (χ3n) is 5.20. The summed E-state index contributed by atoms with van der Waals surface area (Å²) in [5.41, 5.74) is 3.73. The van der Waals surface area contributed by atoms with Crippen molar-refractivity contribution in [1.29, 1.82) is 0 Å². The van der Waals surface area contributed by atoms with Crippen molar-refractivity contribution in [2.45, 2.75) is 12.3 Å². The number of aromatic amines is 1. The average molecular weight is 447 g/mol. The minimum atomic E-state index is -3.42. The van der Waals surface area contributed by atoms with E-state index in [1.54, 1.807) is 26.5 Å². The van der Waals surface area contributed by atoms with Crippen molar-refractivity contribution in [1.82, 2.24) is 23.8 Å². The molecule has 2 aromatic heterocycles. The summed E-state index contributed by atoms with van der Waals surface area (Å²) in [5, 5.41) is 11.3. The van der Waals surface area contributed by atoms with E-state index in [1.165, 1.54) is 8.61 Å². The Balaban J connectivity index is 1.56. The molecule has 1 aromatic carbocycles. The lowest BCUT2D eigenvalue weighted by Crippen LogP contribution is -2.38. The number of aromatic nitrogens is 3. The fourth-order valence-electron chi connectivity index (χ4n) is 3.59. The van der Waals surface area contributed by atoms with Crippen LogP contribution in [0.1, 0.15) is 18.0 Å². The number of anilines is 2. The van der Waals surface area contributed by atoms with E-state index in [1.807, 2.05) is 36.4 Å². The molecule has 0 saturated carbocycles. The second-order valence-corrected chi connectivity index (χ2v) is 9.97. The second-order valence-electron chi connectivity index (χ2n) is 7.39. The molecule has 1 aliphatic heterocycles. The zero-order valence-electron chi connectivity index (χ0n) is 16.7. The van der Waals surface area contributed by atoms with Crippen molar-refractivity contribution < 1.29 is 8.42 Å². The number of pyridine rings is 1. The van der Waals surface area contributed by atoms with Gasteiger partial charge >= 0.3 is 0 Å². The van der Waals surface area contributed by atoms with Crippen LogP contribution in [0.4, 0.5) is 11.5 Å². The Bertz CT molecular complexity index is 1130. The van der Waals surface area contributed by atoms with Crippen LogP contribution in [0, 0.1) is 0 Å². The van der Waals surface area contributed by atoms with Crippen LogP contribution in [0.5, 0.6) is 0 Å². The molecule has 1 saturated heterocycles. The standard InChI is InChI=1S/C20H23ClN6O2S/c1-26(2)30(28,29)27-10-8-15(13-27)20-18(12-23-25-20)14-7-9-22-19(11-14)24-17-5-3-16(21)4-6-17/h3-7,9,11-12,15H,8,10,13H2,1-2H3,(H,22,24)(H,23,25)/t15-/m0/s1. The van der Waals surface area contributed by atoms with Crippen molar-refractivity contribution in [3.8, 4) is 11.1 Å². The first-order chi connectivity index (χ1) is 14.3. The Morgan fingerprint density at radius 3 is 2.73 bits per heavy atom. The third kappa shape index (κ3) is 4.20. The first kappa shape index (κ1) is 20.8. The number of nitrogens with one attached hydrogen (secondary N) is 2. The molecule has 0 radical (unpaired) electrons. The van der Waals surface area contributed by atoms with Crippen LogP contribution < -0.4 is 5.32 Å². The van der Waals surface area contributed by atoms with Crippen molar-refractivity contribution in [2.24, 2.45) is 0 Å². The third-order valence-corrected chi connectivity index (χ3v) is 7.36. The summed E-state index contributed by atoms with van der Waals surface area (Å²) in [6.45, 7) is 0.917. The first-order valence-corrected chi connectivity index (χ1v) is 11.3. The largest absolute Gasteiger partial charge is 0.340 e. The van der Waals surface area contributed by atoms with Gasteiger partial charge in [-0.15, -0.1) is 0 Å². The molecule has 8 nitrogen and oxygen atoms in total. The average Bonchev–Trinajstić information content (AvgIpc) is 3.39. The molecule has 1 atom stereocenters. The maximum absolute atomic E-state index is 12.4. The van der Waals surface area contributed by atoms with Crippen molar-refractivity contribution >= 4 is 33.3 Å². The summed E-state index contributed by atoms with van der Waals surface area (Å²) in [7, 11) is -0.315. The zero-order valence-corrected chi connectivity index (χ0v) is 18.3. The molecule has 0 bridgehead atoms. The van der Waals surface area contributed by atoms with E-state index < -0.39 is 10.2 Å². The maximum Gasteiger partial charge on any atom is 0.281 e. The summed E-state index contributed by atoms with van der Waals surface area (Å²) >= 11 is 5.95. The van der Waals surface area contributed by atoms with Crippen molar-refractivity contribution in [3.05, 3.63) is 59.5 Å². The highest BCUT2D eigenvalue weighted by Gasteiger charge is 2.35. The molecule has 0 spiro atoms. The van der Waals surface area contributed by atoms with Crippen LogP contribution in [0.3, 0.4) is 0 Å². The fourth-order valence-corrected chi connectivity index (χ4v) is 4.88. The summed E-state index contributed by atoms with van der Waals surface area (Å²) < 4.78 is 27.7. The van der Waals surface area contributed by atoms with E-state index in [4.69, 9.17) is 11.6 Å². The van der Waals surface area contributed by atoms with E-state index >= 15 is 0 Å². The summed E-state index contributed by atoms with van der Waals surface area (Å²) in [4.78, 5) is 4.39. The molecule has 1 aliphatic rings. The van der Waals surface area contributed by atoms with Crippen molar-refractivity contribution in [3.63, 3.8) is 0 Å². The molecule has 3 aromatic rings. The number of rotatable bonds is 6. The van der Waals surface area contributed by atoms with Gasteiger partial charge in [-0.05, 0) is 48.4 Å². The molecule has 158 valence electrons. The van der Waals surface area contributed by atoms with E-state index in [9.17, 15) is 8.42 Å². The number of hydrogen-bond acceptors (Lipinski definition) is 5. The van der Waals surface area contributed by atoms with Crippen LogP contribution in [-0.4, -0.2) is 59.4 Å². The molecule has 2 N–H and O–H groups in total. The van der Waals surface area contributed by atoms with E-state index in [2.05, 4.69) is 20.5 Å². The lowest BCUT2D eigenvalue weighted by atomic mass is 9.97. The summed E-state index contributed by atoms with van der Waals surface area (Å²) in [6, 6.07) is 11.3. The molecular formula is C20H23ClN6O2S. The van der Waals surface area contributed by atoms with Crippen LogP contribution in [0.25, 0.3) is 11.1 Å². The van der Waals surface area contributed by atoms with Crippen LogP contribution in [-0.2, 0) is 10.2 Å². The molecule has 0 aliphatic carbocycles. The monoisotopic (exact) mass is 446 g/mol. The molecular weight excluding hydrogens is 424 g/mol. The quantitative estimate of drug-likeness (QED) is 0.604. The Morgan fingerprint density at radius 2 is 2.00 bits per heavy atom. The van der Waals surface area contributed by atoms with Gasteiger partial charge in [-0.2, -0.15) is 22.1 Å². The van der Waals surface area contributed by atoms with Crippen LogP contribution >= 0.6 is 11.6 Å². The molecule has 1 fully saturated rings. The van der Waals surface area contributed by atoms with E-state index in [0.29, 0.717) is 23.9 Å². The van der Waals surface area contributed by atoms with Gasteiger partial charge in [-0.1, -0.05) is 11.6 Å². The van der Waals surface area contributed by atoms with Gasteiger partial charge in [0, 0.05) is 61.3 Å². The highest BCUT2D eigenvalue weighted by Crippen LogP contribution is 2.35. The molecule has 30 heavy (non-hydrogen) atoms. The van der Waals surface area contributed by atoms with Gasteiger partial charge in [0.15, 0.2) is 0 Å². The van der Waals surface area contributed by atoms with Crippen LogP contribution in [0.15, 0.2) is 48.8 Å². The Hall–Kier alpha value is -2.46. The Labute approximate surface area is 181 Å². The van der Waals surface area contributed by atoms with E-state index in [-0.39, 0.29) is 5.92 Å². The number of halogens is 1. The molecule has 3 heterocycles. The minimum absolute atomic E-state index is 0.0538. The summed E-state index contributed by atoms with van der Waals surface area (Å²) in [5.74, 6) is 0.753. The number of H-pyrrole nitrogens is 1. The normalized spacial score (nSPS) is 17.5. The fraction of sp³-hybridized carbons (Fsp3) is 0.300. The molecule has 10 heteroatoms. The molecule has 4 rings (SSSR count). The smallest absolute Gasteiger partial charge is 0.281 e.